The summed E-state index contributed by atoms with van der Waals surface area (Å²) in [5, 5.41) is 0. The Bertz CT molecular complexity index is 180. The number of hydrogen-bond donors (Lipinski definition) is 0. The van der Waals surface area contributed by atoms with Gasteiger partial charge in [-0.1, -0.05) is 13.8 Å². The minimum atomic E-state index is -2.42. The van der Waals surface area contributed by atoms with Gasteiger partial charge in [0.2, 0.25) is 0 Å². The molecule has 1 saturated heterocycles. The predicted molar refractivity (Wildman–Crippen MR) is 43.0 cm³/mol. The molecule has 0 amide bonds. The maximum atomic E-state index is 10.1. The Morgan fingerprint density at radius 1 is 1.83 bits per heavy atom. The van der Waals surface area contributed by atoms with Crippen LogP contribution in [0.15, 0.2) is 0 Å². The fourth-order valence-corrected chi connectivity index (χ4v) is 1.42. The molecule has 0 aromatic carbocycles. The molecule has 12 heavy (non-hydrogen) atoms. The third kappa shape index (κ3) is 2.04. The molecule has 1 fully saturated rings. The summed E-state index contributed by atoms with van der Waals surface area (Å²) >= 11 is -2.42. The van der Waals surface area contributed by atoms with E-state index in [9.17, 15) is 8.76 Å². The van der Waals surface area contributed by atoms with Crippen molar-refractivity contribution in [3.8, 4) is 0 Å². The van der Waals surface area contributed by atoms with Crippen molar-refractivity contribution in [1.82, 2.24) is 0 Å². The maximum Gasteiger partial charge on any atom is 0.0897 e. The number of hydrogen-bond acceptors (Lipinski definition) is 4. The molecular formula is C7H13O4S-. The van der Waals surface area contributed by atoms with Gasteiger partial charge >= 0.3 is 0 Å². The zero-order chi connectivity index (χ0) is 9.19. The summed E-state index contributed by atoms with van der Waals surface area (Å²) in [6.07, 6.45) is 0.910. The summed E-state index contributed by atoms with van der Waals surface area (Å²) in [5.41, 5.74) is 0.0966. The van der Waals surface area contributed by atoms with E-state index in [0.717, 1.165) is 6.42 Å². The Morgan fingerprint density at radius 2 is 2.50 bits per heavy atom. The number of ether oxygens (including phenoxy) is 1. The molecule has 4 nitrogen and oxygen atoms in total. The molecule has 0 saturated carbocycles. The molecule has 0 N–H and O–H groups in total. The van der Waals surface area contributed by atoms with E-state index in [2.05, 4.69) is 18.0 Å². The van der Waals surface area contributed by atoms with Crippen LogP contribution in [0.1, 0.15) is 20.3 Å². The summed E-state index contributed by atoms with van der Waals surface area (Å²) in [6.45, 7) is 4.96. The van der Waals surface area contributed by atoms with Crippen LogP contribution < -0.4 is 0 Å². The van der Waals surface area contributed by atoms with Crippen molar-refractivity contribution in [3.63, 3.8) is 0 Å². The van der Waals surface area contributed by atoms with Gasteiger partial charge in [0.25, 0.3) is 0 Å². The van der Waals surface area contributed by atoms with E-state index in [1.54, 1.807) is 0 Å². The quantitative estimate of drug-likeness (QED) is 0.614. The highest BCUT2D eigenvalue weighted by molar-refractivity contribution is 7.74. The SMILES string of the molecule is CCC1(C)COC1COS(=O)[O-]. The van der Waals surface area contributed by atoms with E-state index >= 15 is 0 Å². The minimum absolute atomic E-state index is 0.0691. The molecule has 0 aliphatic carbocycles. The molecule has 0 bridgehead atoms. The summed E-state index contributed by atoms with van der Waals surface area (Å²) in [5.74, 6) is 0. The van der Waals surface area contributed by atoms with Crippen molar-refractivity contribution in [2.75, 3.05) is 13.2 Å². The summed E-state index contributed by atoms with van der Waals surface area (Å²) in [6, 6.07) is 0. The molecule has 72 valence electrons. The fraction of sp³-hybridized carbons (Fsp3) is 1.00. The fourth-order valence-electron chi connectivity index (χ4n) is 1.18. The second-order valence-electron chi connectivity index (χ2n) is 3.30. The van der Waals surface area contributed by atoms with Crippen LogP contribution in [0.5, 0.6) is 0 Å². The first-order valence-corrected chi connectivity index (χ1v) is 4.92. The third-order valence-electron chi connectivity index (χ3n) is 2.51. The Balaban J connectivity index is 2.30. The molecule has 0 radical (unpaired) electrons. The van der Waals surface area contributed by atoms with Crippen molar-refractivity contribution in [3.05, 3.63) is 0 Å². The Morgan fingerprint density at radius 3 is 2.83 bits per heavy atom. The van der Waals surface area contributed by atoms with E-state index in [4.69, 9.17) is 4.74 Å². The monoisotopic (exact) mass is 193 g/mol. The van der Waals surface area contributed by atoms with Gasteiger partial charge in [-0.25, -0.2) is 4.21 Å². The Kier molecular flexibility index (Phi) is 3.22. The van der Waals surface area contributed by atoms with Gasteiger partial charge in [-0.3, -0.25) is 4.18 Å². The predicted octanol–water partition coefficient (Wildman–Crippen LogP) is 0.612. The average Bonchev–Trinajstić information content (AvgIpc) is 2.01. The minimum Gasteiger partial charge on any atom is -0.750 e. The van der Waals surface area contributed by atoms with E-state index in [1.807, 2.05) is 0 Å². The highest BCUT2D eigenvalue weighted by Gasteiger charge is 2.42. The summed E-state index contributed by atoms with van der Waals surface area (Å²) in [7, 11) is 0. The second-order valence-corrected chi connectivity index (χ2v) is 3.94. The van der Waals surface area contributed by atoms with Crippen molar-refractivity contribution >= 4 is 11.4 Å². The normalized spacial score (nSPS) is 37.4. The highest BCUT2D eigenvalue weighted by atomic mass is 32.2. The van der Waals surface area contributed by atoms with Crippen molar-refractivity contribution in [2.24, 2.45) is 5.41 Å². The lowest BCUT2D eigenvalue weighted by Crippen LogP contribution is -2.51. The van der Waals surface area contributed by atoms with Gasteiger partial charge in [-0.15, -0.1) is 0 Å². The Labute approximate surface area is 74.7 Å². The van der Waals surface area contributed by atoms with Crippen LogP contribution in [-0.2, 0) is 20.3 Å². The van der Waals surface area contributed by atoms with Gasteiger partial charge in [0, 0.05) is 5.41 Å². The maximum absolute atomic E-state index is 10.1. The summed E-state index contributed by atoms with van der Waals surface area (Å²) in [4.78, 5) is 0. The van der Waals surface area contributed by atoms with Gasteiger partial charge in [0.05, 0.1) is 30.7 Å². The Hall–Kier alpha value is 0.0300. The van der Waals surface area contributed by atoms with Gasteiger partial charge in [0.1, 0.15) is 0 Å². The van der Waals surface area contributed by atoms with Crippen LogP contribution in [0.4, 0.5) is 0 Å². The largest absolute Gasteiger partial charge is 0.750 e. The first kappa shape index (κ1) is 10.1. The van der Waals surface area contributed by atoms with E-state index in [1.165, 1.54) is 0 Å². The molecule has 0 aromatic heterocycles. The van der Waals surface area contributed by atoms with Crippen LogP contribution in [0.2, 0.25) is 0 Å². The van der Waals surface area contributed by atoms with Gasteiger partial charge in [0.15, 0.2) is 0 Å². The molecule has 3 unspecified atom stereocenters. The smallest absolute Gasteiger partial charge is 0.0897 e. The second kappa shape index (κ2) is 3.83. The lowest BCUT2D eigenvalue weighted by Gasteiger charge is -2.46. The zero-order valence-corrected chi connectivity index (χ0v) is 8.06. The van der Waals surface area contributed by atoms with E-state index in [0.29, 0.717) is 6.61 Å². The highest BCUT2D eigenvalue weighted by Crippen LogP contribution is 2.37. The standard InChI is InChI=1S/C7H14O4S/c1-3-7(2)5-10-6(7)4-11-12(8)9/h6H,3-5H2,1-2H3,(H,8,9)/p-1. The molecule has 3 atom stereocenters. The molecular weight excluding hydrogens is 180 g/mol. The van der Waals surface area contributed by atoms with Crippen molar-refractivity contribution in [2.45, 2.75) is 26.4 Å². The molecule has 1 aliphatic rings. The van der Waals surface area contributed by atoms with Crippen molar-refractivity contribution in [1.29, 1.82) is 0 Å². The molecule has 1 aliphatic heterocycles. The van der Waals surface area contributed by atoms with Gasteiger partial charge in [-0.05, 0) is 6.42 Å². The van der Waals surface area contributed by atoms with Crippen LogP contribution in [0.25, 0.3) is 0 Å². The molecule has 1 rings (SSSR count). The molecule has 0 aromatic rings. The van der Waals surface area contributed by atoms with E-state index < -0.39 is 11.4 Å². The van der Waals surface area contributed by atoms with Crippen molar-refractivity contribution < 1.29 is 17.7 Å². The van der Waals surface area contributed by atoms with Crippen LogP contribution in [0.3, 0.4) is 0 Å². The van der Waals surface area contributed by atoms with E-state index in [-0.39, 0.29) is 18.1 Å². The third-order valence-corrected chi connectivity index (χ3v) is 2.84. The van der Waals surface area contributed by atoms with Crippen LogP contribution in [-0.4, -0.2) is 28.1 Å². The number of rotatable bonds is 4. The van der Waals surface area contributed by atoms with Crippen LogP contribution >= 0.6 is 0 Å². The van der Waals surface area contributed by atoms with Gasteiger partial charge in [-0.2, -0.15) is 0 Å². The lowest BCUT2D eigenvalue weighted by atomic mass is 9.78. The molecule has 5 heteroatoms. The first-order valence-electron chi connectivity index (χ1n) is 3.92. The summed E-state index contributed by atoms with van der Waals surface area (Å²) < 4.78 is 29.8. The zero-order valence-electron chi connectivity index (χ0n) is 7.24. The average molecular weight is 193 g/mol. The van der Waals surface area contributed by atoms with Crippen LogP contribution in [0, 0.1) is 5.41 Å². The topological polar surface area (TPSA) is 58.6 Å². The first-order chi connectivity index (χ1) is 5.58. The lowest BCUT2D eigenvalue weighted by molar-refractivity contribution is -0.190. The molecule has 0 spiro atoms. The van der Waals surface area contributed by atoms with Gasteiger partial charge < -0.3 is 9.29 Å². The molecule has 1 heterocycles.